The van der Waals surface area contributed by atoms with Gasteiger partial charge in [-0.3, -0.25) is 9.59 Å². The van der Waals surface area contributed by atoms with E-state index < -0.39 is 0 Å². The van der Waals surface area contributed by atoms with Gasteiger partial charge in [-0.2, -0.15) is 0 Å². The maximum absolute atomic E-state index is 12.3. The average molecular weight is 375 g/mol. The number of carbonyl (C=O) groups is 1. The molecule has 0 bridgehead atoms. The number of pyridine rings is 1. The molecule has 2 heterocycles. The molecule has 1 fully saturated rings. The summed E-state index contributed by atoms with van der Waals surface area (Å²) in [4.78, 5) is 29.4. The van der Waals surface area contributed by atoms with Gasteiger partial charge in [-0.05, 0) is 73.5 Å². The van der Waals surface area contributed by atoms with E-state index in [9.17, 15) is 9.59 Å². The number of benzene rings is 2. The van der Waals surface area contributed by atoms with Crippen LogP contribution in [0.5, 0.6) is 0 Å². The molecule has 2 N–H and O–H groups in total. The zero-order valence-corrected chi connectivity index (χ0v) is 16.1. The molecule has 1 saturated heterocycles. The first-order valence-electron chi connectivity index (χ1n) is 9.86. The number of carbonyl (C=O) groups excluding carboxylic acids is 1. The highest BCUT2D eigenvalue weighted by Gasteiger charge is 2.12. The summed E-state index contributed by atoms with van der Waals surface area (Å²) in [5, 5.41) is 3.97. The molecule has 5 nitrogen and oxygen atoms in total. The standard InChI is InChI=1S/C23H25N3O2/c1-16-14-18-6-4-17(15-21(18)25-23(16)28)5-11-22(27)24-19-7-9-20(10-8-19)26-12-2-3-13-26/h4,6-10,14-15H,2-3,5,11-13H2,1H3,(H,24,27)(H,25,28). The van der Waals surface area contributed by atoms with Crippen LogP contribution in [0.2, 0.25) is 0 Å². The first kappa shape index (κ1) is 18.3. The number of aryl methyl sites for hydroxylation is 2. The highest BCUT2D eigenvalue weighted by molar-refractivity contribution is 5.91. The first-order chi connectivity index (χ1) is 13.6. The molecule has 144 valence electrons. The topological polar surface area (TPSA) is 65.2 Å². The Morgan fingerprint density at radius 2 is 1.82 bits per heavy atom. The van der Waals surface area contributed by atoms with E-state index in [0.717, 1.165) is 35.2 Å². The maximum atomic E-state index is 12.3. The Labute approximate surface area is 164 Å². The lowest BCUT2D eigenvalue weighted by Crippen LogP contribution is -2.17. The van der Waals surface area contributed by atoms with Gasteiger partial charge in [-0.15, -0.1) is 0 Å². The molecule has 28 heavy (non-hydrogen) atoms. The molecular weight excluding hydrogens is 350 g/mol. The maximum Gasteiger partial charge on any atom is 0.251 e. The van der Waals surface area contributed by atoms with E-state index in [1.54, 1.807) is 6.92 Å². The predicted octanol–water partition coefficient (Wildman–Crippen LogP) is 4.01. The lowest BCUT2D eigenvalue weighted by atomic mass is 10.1. The number of amides is 1. The number of anilines is 2. The van der Waals surface area contributed by atoms with E-state index in [1.807, 2.05) is 36.4 Å². The van der Waals surface area contributed by atoms with Crippen LogP contribution < -0.4 is 15.8 Å². The molecule has 0 atom stereocenters. The van der Waals surface area contributed by atoms with E-state index in [1.165, 1.54) is 18.5 Å². The van der Waals surface area contributed by atoms with E-state index in [-0.39, 0.29) is 11.5 Å². The molecule has 2 aromatic carbocycles. The number of fused-ring (bicyclic) bond motifs is 1. The van der Waals surface area contributed by atoms with Gasteiger partial charge in [-0.25, -0.2) is 0 Å². The summed E-state index contributed by atoms with van der Waals surface area (Å²) in [6, 6.07) is 15.9. The molecule has 0 spiro atoms. The van der Waals surface area contributed by atoms with Crippen molar-refractivity contribution in [2.24, 2.45) is 0 Å². The van der Waals surface area contributed by atoms with Crippen molar-refractivity contribution in [1.82, 2.24) is 4.98 Å². The Kier molecular flexibility index (Phi) is 5.15. The quantitative estimate of drug-likeness (QED) is 0.708. The molecule has 0 unspecified atom stereocenters. The second kappa shape index (κ2) is 7.89. The fourth-order valence-corrected chi connectivity index (χ4v) is 3.73. The molecule has 1 aliphatic rings. The number of hydrogen-bond donors (Lipinski definition) is 2. The number of aromatic amines is 1. The molecule has 3 aromatic rings. The first-order valence-corrected chi connectivity index (χ1v) is 9.86. The largest absolute Gasteiger partial charge is 0.372 e. The number of H-pyrrole nitrogens is 1. The normalized spacial score (nSPS) is 13.8. The van der Waals surface area contributed by atoms with Crippen LogP contribution in [0.3, 0.4) is 0 Å². The second-order valence-corrected chi connectivity index (χ2v) is 7.49. The molecule has 5 heteroatoms. The molecule has 0 saturated carbocycles. The fourth-order valence-electron chi connectivity index (χ4n) is 3.73. The van der Waals surface area contributed by atoms with E-state index in [0.29, 0.717) is 18.4 Å². The van der Waals surface area contributed by atoms with Crippen molar-refractivity contribution in [3.63, 3.8) is 0 Å². The van der Waals surface area contributed by atoms with Crippen LogP contribution >= 0.6 is 0 Å². The van der Waals surface area contributed by atoms with Crippen molar-refractivity contribution < 1.29 is 4.79 Å². The second-order valence-electron chi connectivity index (χ2n) is 7.49. The Hall–Kier alpha value is -3.08. The summed E-state index contributed by atoms with van der Waals surface area (Å²) in [5.74, 6) is -0.00795. The highest BCUT2D eigenvalue weighted by atomic mass is 16.1. The van der Waals surface area contributed by atoms with Crippen LogP contribution in [0, 0.1) is 6.92 Å². The molecular formula is C23H25N3O2. The van der Waals surface area contributed by atoms with E-state index in [4.69, 9.17) is 0 Å². The monoisotopic (exact) mass is 375 g/mol. The van der Waals surface area contributed by atoms with Gasteiger partial charge in [-0.1, -0.05) is 12.1 Å². The number of nitrogens with zero attached hydrogens (tertiary/aromatic N) is 1. The predicted molar refractivity (Wildman–Crippen MR) is 114 cm³/mol. The number of rotatable bonds is 5. The van der Waals surface area contributed by atoms with Gasteiger partial charge >= 0.3 is 0 Å². The SMILES string of the molecule is Cc1cc2ccc(CCC(=O)Nc3ccc(N4CCCC4)cc3)cc2[nH]c1=O. The Bertz CT molecular complexity index is 1050. The third kappa shape index (κ3) is 4.09. The molecule has 1 aliphatic heterocycles. The van der Waals surface area contributed by atoms with Gasteiger partial charge < -0.3 is 15.2 Å². The van der Waals surface area contributed by atoms with E-state index >= 15 is 0 Å². The van der Waals surface area contributed by atoms with Gasteiger partial charge in [0, 0.05) is 42.0 Å². The van der Waals surface area contributed by atoms with Crippen molar-refractivity contribution in [2.45, 2.75) is 32.6 Å². The van der Waals surface area contributed by atoms with Gasteiger partial charge in [0.25, 0.3) is 5.56 Å². The molecule has 1 aromatic heterocycles. The van der Waals surface area contributed by atoms with Crippen LogP contribution in [0.15, 0.2) is 53.3 Å². The third-order valence-corrected chi connectivity index (χ3v) is 5.36. The third-order valence-electron chi connectivity index (χ3n) is 5.36. The number of hydrogen-bond acceptors (Lipinski definition) is 3. The summed E-state index contributed by atoms with van der Waals surface area (Å²) in [5.41, 5.74) is 4.52. The Morgan fingerprint density at radius 3 is 2.57 bits per heavy atom. The minimum absolute atomic E-state index is 0.00795. The molecule has 4 rings (SSSR count). The summed E-state index contributed by atoms with van der Waals surface area (Å²) in [7, 11) is 0. The lowest BCUT2D eigenvalue weighted by Gasteiger charge is -2.17. The van der Waals surface area contributed by atoms with Gasteiger partial charge in [0.2, 0.25) is 5.91 Å². The van der Waals surface area contributed by atoms with Crippen LogP contribution in [-0.4, -0.2) is 24.0 Å². The van der Waals surface area contributed by atoms with Crippen molar-refractivity contribution in [3.8, 4) is 0 Å². The average Bonchev–Trinajstić information content (AvgIpc) is 3.23. The fraction of sp³-hybridized carbons (Fsp3) is 0.304. The molecule has 1 amide bonds. The van der Waals surface area contributed by atoms with Gasteiger partial charge in [0.1, 0.15) is 0 Å². The Morgan fingerprint density at radius 1 is 1.07 bits per heavy atom. The van der Waals surface area contributed by atoms with Crippen LogP contribution in [0.4, 0.5) is 11.4 Å². The smallest absolute Gasteiger partial charge is 0.251 e. The van der Waals surface area contributed by atoms with Gasteiger partial charge in [0.15, 0.2) is 0 Å². The number of aromatic nitrogens is 1. The van der Waals surface area contributed by atoms with E-state index in [2.05, 4.69) is 27.3 Å². The Balaban J connectivity index is 1.35. The van der Waals surface area contributed by atoms with Crippen LogP contribution in [0.25, 0.3) is 10.9 Å². The summed E-state index contributed by atoms with van der Waals surface area (Å²) >= 11 is 0. The summed E-state index contributed by atoms with van der Waals surface area (Å²) in [6.07, 6.45) is 3.53. The molecule has 0 radical (unpaired) electrons. The van der Waals surface area contributed by atoms with Gasteiger partial charge in [0.05, 0.1) is 0 Å². The van der Waals surface area contributed by atoms with Crippen molar-refractivity contribution in [1.29, 1.82) is 0 Å². The minimum atomic E-state index is -0.0697. The van der Waals surface area contributed by atoms with Crippen LogP contribution in [-0.2, 0) is 11.2 Å². The summed E-state index contributed by atoms with van der Waals surface area (Å²) < 4.78 is 0. The van der Waals surface area contributed by atoms with Crippen molar-refractivity contribution in [2.75, 3.05) is 23.3 Å². The zero-order chi connectivity index (χ0) is 19.5. The van der Waals surface area contributed by atoms with Crippen molar-refractivity contribution >= 4 is 28.2 Å². The highest BCUT2D eigenvalue weighted by Crippen LogP contribution is 2.22. The zero-order valence-electron chi connectivity index (χ0n) is 16.1. The lowest BCUT2D eigenvalue weighted by molar-refractivity contribution is -0.116. The molecule has 0 aliphatic carbocycles. The number of nitrogens with one attached hydrogen (secondary N) is 2. The summed E-state index contributed by atoms with van der Waals surface area (Å²) in [6.45, 7) is 4.03. The van der Waals surface area contributed by atoms with Crippen molar-refractivity contribution in [3.05, 3.63) is 70.0 Å². The van der Waals surface area contributed by atoms with Crippen LogP contribution in [0.1, 0.15) is 30.4 Å². The minimum Gasteiger partial charge on any atom is -0.372 e.